The first-order chi connectivity index (χ1) is 14.0. The summed E-state index contributed by atoms with van der Waals surface area (Å²) < 4.78 is 5.73. The summed E-state index contributed by atoms with van der Waals surface area (Å²) in [5, 5.41) is 13.4. The van der Waals surface area contributed by atoms with Gasteiger partial charge in [0, 0.05) is 11.6 Å². The van der Waals surface area contributed by atoms with Crippen molar-refractivity contribution in [3.8, 4) is 5.75 Å². The van der Waals surface area contributed by atoms with E-state index >= 15 is 0 Å². The van der Waals surface area contributed by atoms with Crippen LogP contribution in [0.2, 0.25) is 0 Å². The molecule has 0 aliphatic rings. The summed E-state index contributed by atoms with van der Waals surface area (Å²) in [7, 11) is 0. The lowest BCUT2D eigenvalue weighted by molar-refractivity contribution is -0.385. The Morgan fingerprint density at radius 2 is 1.90 bits per heavy atom. The van der Waals surface area contributed by atoms with Crippen LogP contribution in [-0.2, 0) is 11.4 Å². The highest BCUT2D eigenvalue weighted by atomic mass is 16.6. The Morgan fingerprint density at radius 3 is 2.55 bits per heavy atom. The van der Waals surface area contributed by atoms with Crippen molar-refractivity contribution < 1.29 is 14.5 Å². The van der Waals surface area contributed by atoms with Crippen LogP contribution in [0.1, 0.15) is 16.7 Å². The highest BCUT2D eigenvalue weighted by Crippen LogP contribution is 2.19. The number of anilines is 1. The number of ether oxygens (including phenoxy) is 1. The Bertz CT molecular complexity index is 1030. The molecule has 0 fully saturated rings. The van der Waals surface area contributed by atoms with Gasteiger partial charge < -0.3 is 10.1 Å². The van der Waals surface area contributed by atoms with Gasteiger partial charge >= 0.3 is 0 Å². The second-order valence-corrected chi connectivity index (χ2v) is 6.28. The van der Waals surface area contributed by atoms with E-state index in [-0.39, 0.29) is 17.4 Å². The van der Waals surface area contributed by atoms with Gasteiger partial charge in [0.05, 0.1) is 4.92 Å². The number of carbonyl (C=O) groups is 1. The zero-order valence-electron chi connectivity index (χ0n) is 15.7. The first-order valence-electron chi connectivity index (χ1n) is 8.88. The number of pyridine rings is 1. The van der Waals surface area contributed by atoms with Crippen LogP contribution in [-0.4, -0.2) is 15.8 Å². The highest BCUT2D eigenvalue weighted by Gasteiger charge is 2.12. The van der Waals surface area contributed by atoms with Crippen LogP contribution in [0.3, 0.4) is 0 Å². The smallest absolute Gasteiger partial charge is 0.290 e. The Balaban J connectivity index is 1.54. The van der Waals surface area contributed by atoms with Gasteiger partial charge in [-0.3, -0.25) is 14.9 Å². The fourth-order valence-electron chi connectivity index (χ4n) is 2.56. The topological polar surface area (TPSA) is 94.4 Å². The summed E-state index contributed by atoms with van der Waals surface area (Å²) in [6, 6.07) is 18.7. The molecule has 1 heterocycles. The number of aryl methyl sites for hydroxylation is 1. The van der Waals surface area contributed by atoms with Gasteiger partial charge in [-0.1, -0.05) is 42.5 Å². The monoisotopic (exact) mass is 389 g/mol. The Hall–Kier alpha value is -4.00. The van der Waals surface area contributed by atoms with Crippen LogP contribution in [0.15, 0.2) is 72.9 Å². The summed E-state index contributed by atoms with van der Waals surface area (Å²) in [6.45, 7) is 2.08. The van der Waals surface area contributed by atoms with Crippen molar-refractivity contribution in [3.05, 3.63) is 99.7 Å². The summed E-state index contributed by atoms with van der Waals surface area (Å²) in [5.74, 6) is 0.614. The van der Waals surface area contributed by atoms with E-state index < -0.39 is 4.92 Å². The van der Waals surface area contributed by atoms with Crippen molar-refractivity contribution >= 4 is 23.5 Å². The number of carbonyl (C=O) groups excluding carboxylic acids is 1. The van der Waals surface area contributed by atoms with Crippen LogP contribution in [0, 0.1) is 17.0 Å². The average molecular weight is 389 g/mol. The van der Waals surface area contributed by atoms with E-state index in [4.69, 9.17) is 4.74 Å². The fraction of sp³-hybridized carbons (Fsp3) is 0.0909. The summed E-state index contributed by atoms with van der Waals surface area (Å²) in [6.07, 6.45) is 4.16. The van der Waals surface area contributed by atoms with E-state index in [2.05, 4.69) is 10.3 Å². The minimum Gasteiger partial charge on any atom is -0.489 e. The largest absolute Gasteiger partial charge is 0.489 e. The van der Waals surface area contributed by atoms with Crippen LogP contribution in [0.5, 0.6) is 5.75 Å². The van der Waals surface area contributed by atoms with E-state index in [9.17, 15) is 14.9 Å². The predicted octanol–water partition coefficient (Wildman–Crippen LogP) is 4.53. The molecule has 0 bridgehead atoms. The number of aromatic nitrogens is 1. The number of benzene rings is 2. The number of rotatable bonds is 7. The van der Waals surface area contributed by atoms with Crippen LogP contribution in [0.4, 0.5) is 11.5 Å². The van der Waals surface area contributed by atoms with Crippen molar-refractivity contribution in [2.24, 2.45) is 0 Å². The maximum absolute atomic E-state index is 12.0. The molecule has 146 valence electrons. The normalized spacial score (nSPS) is 10.7. The van der Waals surface area contributed by atoms with Crippen molar-refractivity contribution in [1.82, 2.24) is 4.98 Å². The molecule has 7 heteroatoms. The van der Waals surface area contributed by atoms with E-state index in [1.54, 1.807) is 13.0 Å². The number of hydrogen-bond donors (Lipinski definition) is 1. The molecule has 1 aromatic heterocycles. The molecule has 0 spiro atoms. The van der Waals surface area contributed by atoms with Gasteiger partial charge in [0.15, 0.2) is 0 Å². The quantitative estimate of drug-likeness (QED) is 0.364. The van der Waals surface area contributed by atoms with Crippen LogP contribution in [0.25, 0.3) is 6.08 Å². The molecule has 2 aromatic carbocycles. The second kappa shape index (κ2) is 9.27. The lowest BCUT2D eigenvalue weighted by Gasteiger charge is -2.06. The first kappa shape index (κ1) is 19.8. The summed E-state index contributed by atoms with van der Waals surface area (Å²) in [5.41, 5.74) is 2.26. The molecule has 7 nitrogen and oxygen atoms in total. The molecule has 0 saturated carbocycles. The Kier molecular flexibility index (Phi) is 6.32. The van der Waals surface area contributed by atoms with E-state index in [0.717, 1.165) is 23.1 Å². The van der Waals surface area contributed by atoms with Gasteiger partial charge in [0.25, 0.3) is 5.69 Å². The van der Waals surface area contributed by atoms with Gasteiger partial charge in [0.2, 0.25) is 5.91 Å². The molecule has 0 atom stereocenters. The first-order valence-corrected chi connectivity index (χ1v) is 8.88. The molecule has 1 amide bonds. The molecule has 0 aliphatic carbocycles. The molecule has 0 saturated heterocycles. The van der Waals surface area contributed by atoms with Gasteiger partial charge in [0.1, 0.15) is 24.4 Å². The van der Waals surface area contributed by atoms with Gasteiger partial charge in [-0.15, -0.1) is 0 Å². The Morgan fingerprint density at radius 1 is 1.17 bits per heavy atom. The number of nitrogens with zero attached hydrogens (tertiary/aromatic N) is 2. The zero-order valence-corrected chi connectivity index (χ0v) is 15.7. The third-order valence-corrected chi connectivity index (χ3v) is 4.09. The number of amides is 1. The van der Waals surface area contributed by atoms with Crippen molar-refractivity contribution in [2.45, 2.75) is 13.5 Å². The van der Waals surface area contributed by atoms with Gasteiger partial charge in [-0.2, -0.15) is 0 Å². The van der Waals surface area contributed by atoms with E-state index in [0.29, 0.717) is 12.2 Å². The lowest BCUT2D eigenvalue weighted by atomic mass is 10.2. The zero-order chi connectivity index (χ0) is 20.6. The number of nitro groups is 1. The SMILES string of the molecule is Cc1cc(NC(=O)/C=C/c2ccc(OCc3ccccc3)cc2)ncc1[N+](=O)[O-]. The maximum Gasteiger partial charge on any atom is 0.290 e. The second-order valence-electron chi connectivity index (χ2n) is 6.28. The van der Waals surface area contributed by atoms with E-state index in [1.165, 1.54) is 12.1 Å². The third-order valence-electron chi connectivity index (χ3n) is 4.09. The van der Waals surface area contributed by atoms with Crippen molar-refractivity contribution in [3.63, 3.8) is 0 Å². The molecule has 3 rings (SSSR count). The molecule has 0 radical (unpaired) electrons. The van der Waals surface area contributed by atoms with Crippen LogP contribution >= 0.6 is 0 Å². The fourth-order valence-corrected chi connectivity index (χ4v) is 2.56. The van der Waals surface area contributed by atoms with Crippen molar-refractivity contribution in [1.29, 1.82) is 0 Å². The minimum atomic E-state index is -0.513. The minimum absolute atomic E-state index is 0.0897. The van der Waals surface area contributed by atoms with E-state index in [1.807, 2.05) is 54.6 Å². The molecule has 0 aliphatic heterocycles. The summed E-state index contributed by atoms with van der Waals surface area (Å²) in [4.78, 5) is 26.2. The molecule has 1 N–H and O–H groups in total. The predicted molar refractivity (Wildman–Crippen MR) is 111 cm³/mol. The molecule has 3 aromatic rings. The lowest BCUT2D eigenvalue weighted by Crippen LogP contribution is -2.09. The standard InChI is InChI=1S/C22H19N3O4/c1-16-13-21(23-14-20(16)25(27)28)24-22(26)12-9-17-7-10-19(11-8-17)29-15-18-5-3-2-4-6-18/h2-14H,15H2,1H3,(H,23,24,26)/b12-9+. The molecule has 0 unspecified atom stereocenters. The molecular formula is C22H19N3O4. The van der Waals surface area contributed by atoms with Gasteiger partial charge in [-0.05, 0) is 42.3 Å². The molecule has 29 heavy (non-hydrogen) atoms. The Labute approximate surface area is 167 Å². The molecular weight excluding hydrogens is 370 g/mol. The number of hydrogen-bond acceptors (Lipinski definition) is 5. The number of nitrogens with one attached hydrogen (secondary N) is 1. The van der Waals surface area contributed by atoms with Crippen molar-refractivity contribution in [2.75, 3.05) is 5.32 Å². The summed E-state index contributed by atoms with van der Waals surface area (Å²) >= 11 is 0. The maximum atomic E-state index is 12.0. The third kappa shape index (κ3) is 5.74. The highest BCUT2D eigenvalue weighted by molar-refractivity contribution is 6.01. The van der Waals surface area contributed by atoms with Gasteiger partial charge in [-0.25, -0.2) is 4.98 Å². The average Bonchev–Trinajstić information content (AvgIpc) is 2.72. The van der Waals surface area contributed by atoms with Crippen LogP contribution < -0.4 is 10.1 Å².